The predicted molar refractivity (Wildman–Crippen MR) is 168 cm³/mol. The van der Waals surface area contributed by atoms with Crippen molar-refractivity contribution in [2.45, 2.75) is 84.0 Å². The number of carboxylic acids is 1. The van der Waals surface area contributed by atoms with Crippen molar-refractivity contribution < 1.29 is 23.9 Å². The first-order valence-corrected chi connectivity index (χ1v) is 16.8. The first kappa shape index (κ1) is 30.0. The van der Waals surface area contributed by atoms with E-state index < -0.39 is 19.9 Å². The minimum absolute atomic E-state index is 0.170. The zero-order chi connectivity index (χ0) is 30.4. The number of likely N-dealkylation sites (tertiary alicyclic amines) is 1. The van der Waals surface area contributed by atoms with Crippen LogP contribution in [-0.4, -0.2) is 48.6 Å². The van der Waals surface area contributed by atoms with Gasteiger partial charge in [-0.1, -0.05) is 87.5 Å². The van der Waals surface area contributed by atoms with Gasteiger partial charge in [-0.3, -0.25) is 4.90 Å². The molecule has 1 aliphatic heterocycles. The maximum atomic E-state index is 13.9. The van der Waals surface area contributed by atoms with Gasteiger partial charge in [0, 0.05) is 0 Å². The lowest BCUT2D eigenvalue weighted by Gasteiger charge is -2.44. The Morgan fingerprint density at radius 2 is 1.50 bits per heavy atom. The third kappa shape index (κ3) is 5.40. The van der Waals surface area contributed by atoms with Gasteiger partial charge in [-0.05, 0) is 84.6 Å². The Hall–Kier alpha value is -3.42. The maximum absolute atomic E-state index is 13.9. The summed E-state index contributed by atoms with van der Waals surface area (Å²) >= 11 is 0. The van der Waals surface area contributed by atoms with Crippen LogP contribution in [-0.2, 0) is 15.6 Å². The molecule has 7 heteroatoms. The fourth-order valence-corrected chi connectivity index (χ4v) is 11.7. The second kappa shape index (κ2) is 11.0. The first-order chi connectivity index (χ1) is 19.7. The van der Waals surface area contributed by atoms with Crippen LogP contribution in [0.25, 0.3) is 0 Å². The van der Waals surface area contributed by atoms with Gasteiger partial charge >= 0.3 is 12.1 Å². The number of carbonyl (C=O) groups excluding carboxylic acids is 1. The molecule has 1 N–H and O–H groups in total. The van der Waals surface area contributed by atoms with Crippen LogP contribution in [0.2, 0.25) is 5.04 Å². The molecule has 0 radical (unpaired) electrons. The number of hydrogen-bond donors (Lipinski definition) is 1. The summed E-state index contributed by atoms with van der Waals surface area (Å²) in [6.07, 6.45) is 1.19. The van der Waals surface area contributed by atoms with Crippen LogP contribution >= 0.6 is 0 Å². The number of rotatable bonds is 6. The van der Waals surface area contributed by atoms with Crippen molar-refractivity contribution in [3.8, 4) is 0 Å². The number of benzene rings is 3. The summed E-state index contributed by atoms with van der Waals surface area (Å²) < 4.78 is 13.3. The number of aryl methyl sites for hydroxylation is 1. The zero-order valence-corrected chi connectivity index (χ0v) is 26.8. The van der Waals surface area contributed by atoms with Gasteiger partial charge in [-0.25, -0.2) is 9.59 Å². The number of aromatic carboxylic acids is 1. The van der Waals surface area contributed by atoms with E-state index in [1.165, 1.54) is 10.4 Å². The Morgan fingerprint density at radius 3 is 2.00 bits per heavy atom. The summed E-state index contributed by atoms with van der Waals surface area (Å²) in [5, 5.41) is 12.1. The van der Waals surface area contributed by atoms with Gasteiger partial charge in [0.25, 0.3) is 8.32 Å². The molecule has 222 valence electrons. The lowest BCUT2D eigenvalue weighted by molar-refractivity contribution is 0.00876. The number of ether oxygens (including phenoxy) is 1. The molecule has 0 spiro atoms. The van der Waals surface area contributed by atoms with Gasteiger partial charge in [0.05, 0.1) is 24.3 Å². The van der Waals surface area contributed by atoms with E-state index in [1.807, 2.05) is 50.8 Å². The summed E-state index contributed by atoms with van der Waals surface area (Å²) in [5.41, 5.74) is 2.40. The highest BCUT2D eigenvalue weighted by molar-refractivity contribution is 6.99. The first-order valence-electron chi connectivity index (χ1n) is 14.9. The molecule has 1 heterocycles. The van der Waals surface area contributed by atoms with Crippen LogP contribution in [0.5, 0.6) is 0 Å². The van der Waals surface area contributed by atoms with Gasteiger partial charge in [0.15, 0.2) is 0 Å². The Morgan fingerprint density at radius 1 is 0.929 bits per heavy atom. The summed E-state index contributed by atoms with van der Waals surface area (Å²) in [6, 6.07) is 24.3. The summed E-state index contributed by atoms with van der Waals surface area (Å²) in [7, 11) is -2.82. The van der Waals surface area contributed by atoms with Gasteiger partial charge < -0.3 is 14.3 Å². The molecule has 5 rings (SSSR count). The monoisotopic (exact) mass is 585 g/mol. The lowest BCUT2D eigenvalue weighted by atomic mass is 9.99. The number of nitrogens with zero attached hydrogens (tertiary/aromatic N) is 1. The molecule has 42 heavy (non-hydrogen) atoms. The highest BCUT2D eigenvalue weighted by atomic mass is 28.4. The predicted octanol–water partition coefficient (Wildman–Crippen LogP) is 6.49. The number of hydrogen-bond acceptors (Lipinski definition) is 4. The van der Waals surface area contributed by atoms with Gasteiger partial charge in [-0.15, -0.1) is 0 Å². The van der Waals surface area contributed by atoms with E-state index in [-0.39, 0.29) is 34.7 Å². The molecule has 3 atom stereocenters. The molecule has 3 aromatic carbocycles. The molecule has 3 aromatic rings. The zero-order valence-electron chi connectivity index (χ0n) is 25.8. The molecule has 0 aromatic heterocycles. The van der Waals surface area contributed by atoms with Crippen LogP contribution < -0.4 is 10.4 Å². The SMILES string of the molecule is Cc1cc2c(cc1C(=O)O)[C@@H]1[C@H](C2)C[C@@H](CO[Si](c2ccccc2)(c2ccccc2)C(C)(C)C)N1C(=O)OC(C)(C)C. The molecule has 2 aliphatic rings. The Bertz CT molecular complexity index is 1420. The minimum Gasteiger partial charge on any atom is -0.478 e. The lowest BCUT2D eigenvalue weighted by Crippen LogP contribution is -2.67. The smallest absolute Gasteiger partial charge is 0.411 e. The molecule has 6 nitrogen and oxygen atoms in total. The standard InChI is InChI=1S/C35H43NO5Si/c1-23-18-24-19-25-20-26(36(33(39)41-34(2,3)4)31(25)30(24)21-29(23)32(37)38)22-40-42(35(5,6)7,27-14-10-8-11-15-27)28-16-12-9-13-17-28/h8-18,21,25-26,31H,19-20,22H2,1-7H3,(H,37,38)/t25-,26+,31+/m1/s1. The van der Waals surface area contributed by atoms with Crippen molar-refractivity contribution in [1.82, 2.24) is 4.90 Å². The second-order valence-electron chi connectivity index (χ2n) is 13.8. The van der Waals surface area contributed by atoms with Crippen molar-refractivity contribution in [3.05, 3.63) is 95.1 Å². The fraction of sp³-hybridized carbons (Fsp3) is 0.429. The van der Waals surface area contributed by atoms with E-state index >= 15 is 0 Å². The van der Waals surface area contributed by atoms with E-state index in [2.05, 4.69) is 69.3 Å². The molecule has 1 saturated heterocycles. The van der Waals surface area contributed by atoms with Gasteiger partial charge in [0.2, 0.25) is 0 Å². The summed E-state index contributed by atoms with van der Waals surface area (Å²) in [5.74, 6) is -0.782. The average Bonchev–Trinajstić information content (AvgIpc) is 3.43. The Labute approximate surface area is 250 Å². The molecule has 1 amide bonds. The third-order valence-electron chi connectivity index (χ3n) is 8.75. The van der Waals surface area contributed by atoms with Crippen LogP contribution in [0.15, 0.2) is 72.8 Å². The molecular weight excluding hydrogens is 542 g/mol. The highest BCUT2D eigenvalue weighted by Gasteiger charge is 2.54. The van der Waals surface area contributed by atoms with Crippen molar-refractivity contribution in [2.24, 2.45) is 5.92 Å². The summed E-state index contributed by atoms with van der Waals surface area (Å²) in [6.45, 7) is 14.6. The topological polar surface area (TPSA) is 76.1 Å². The van der Waals surface area contributed by atoms with E-state index in [1.54, 1.807) is 6.07 Å². The van der Waals surface area contributed by atoms with Crippen molar-refractivity contribution in [2.75, 3.05) is 6.61 Å². The van der Waals surface area contributed by atoms with Crippen LogP contribution in [0.3, 0.4) is 0 Å². The second-order valence-corrected chi connectivity index (χ2v) is 18.1. The molecule has 0 saturated carbocycles. The van der Waals surface area contributed by atoms with Gasteiger partial charge in [-0.2, -0.15) is 0 Å². The van der Waals surface area contributed by atoms with E-state index in [0.717, 1.165) is 29.5 Å². The normalized spacial score (nSPS) is 20.3. The van der Waals surface area contributed by atoms with E-state index in [9.17, 15) is 14.7 Å². The fourth-order valence-electron chi connectivity index (χ4n) is 7.10. The third-order valence-corrected chi connectivity index (χ3v) is 13.7. The van der Waals surface area contributed by atoms with Crippen LogP contribution in [0.4, 0.5) is 4.79 Å². The average molecular weight is 586 g/mol. The summed E-state index contributed by atoms with van der Waals surface area (Å²) in [4.78, 5) is 27.8. The quantitative estimate of drug-likeness (QED) is 0.335. The van der Waals surface area contributed by atoms with Crippen LogP contribution in [0.1, 0.15) is 81.1 Å². The van der Waals surface area contributed by atoms with Gasteiger partial charge in [0.1, 0.15) is 5.60 Å². The highest BCUT2D eigenvalue weighted by Crippen LogP contribution is 2.50. The molecule has 1 aliphatic carbocycles. The Kier molecular flexibility index (Phi) is 7.88. The van der Waals surface area contributed by atoms with E-state index in [4.69, 9.17) is 9.16 Å². The number of carbonyl (C=O) groups is 2. The maximum Gasteiger partial charge on any atom is 0.411 e. The van der Waals surface area contributed by atoms with Crippen molar-refractivity contribution >= 4 is 30.8 Å². The van der Waals surface area contributed by atoms with E-state index in [0.29, 0.717) is 6.61 Å². The van der Waals surface area contributed by atoms with Crippen LogP contribution in [0, 0.1) is 12.8 Å². The number of carboxylic acid groups (broad SMARTS) is 1. The molecular formula is C35H43NO5Si. The largest absolute Gasteiger partial charge is 0.478 e. The molecule has 1 fully saturated rings. The molecule has 0 bridgehead atoms. The number of fused-ring (bicyclic) bond motifs is 3. The number of amides is 1. The molecule has 0 unspecified atom stereocenters. The minimum atomic E-state index is -2.82. The van der Waals surface area contributed by atoms with Crippen molar-refractivity contribution in [3.63, 3.8) is 0 Å². The Balaban J connectivity index is 1.56. The van der Waals surface area contributed by atoms with Crippen molar-refractivity contribution in [1.29, 1.82) is 0 Å².